The molecule has 0 unspecified atom stereocenters. The Morgan fingerprint density at radius 3 is 2.74 bits per heavy atom. The molecule has 1 N–H and O–H groups in total. The van der Waals surface area contributed by atoms with E-state index in [0.717, 1.165) is 17.7 Å². The molecule has 122 valence electrons. The molecular weight excluding hydrogens is 298 g/mol. The number of carbonyl (C=O) groups is 2. The molecule has 1 fully saturated rings. The lowest BCUT2D eigenvalue weighted by molar-refractivity contribution is -0.143. The van der Waals surface area contributed by atoms with Crippen LogP contribution in [0.3, 0.4) is 0 Å². The van der Waals surface area contributed by atoms with Crippen LogP contribution in [0.2, 0.25) is 0 Å². The maximum Gasteiger partial charge on any atom is 0.303 e. The van der Waals surface area contributed by atoms with E-state index in [1.807, 2.05) is 12.1 Å². The van der Waals surface area contributed by atoms with E-state index in [2.05, 4.69) is 10.1 Å². The van der Waals surface area contributed by atoms with Crippen molar-refractivity contribution in [1.29, 1.82) is 0 Å². The summed E-state index contributed by atoms with van der Waals surface area (Å²) < 4.78 is 0. The molecule has 0 saturated carbocycles. The van der Waals surface area contributed by atoms with Gasteiger partial charge in [-0.25, -0.2) is 0 Å². The number of aromatic nitrogens is 1. The predicted molar refractivity (Wildman–Crippen MR) is 81.9 cm³/mol. The molecule has 1 aromatic heterocycles. The van der Waals surface area contributed by atoms with Crippen LogP contribution in [-0.2, 0) is 14.4 Å². The van der Waals surface area contributed by atoms with E-state index in [1.54, 1.807) is 17.3 Å². The van der Waals surface area contributed by atoms with Gasteiger partial charge in [-0.2, -0.15) is 0 Å². The molecule has 0 bridgehead atoms. The van der Waals surface area contributed by atoms with Gasteiger partial charge in [-0.05, 0) is 12.1 Å². The Morgan fingerprint density at radius 1 is 1.30 bits per heavy atom. The second kappa shape index (κ2) is 6.36. The Hall–Kier alpha value is -2.44. The zero-order valence-electron chi connectivity index (χ0n) is 12.8. The summed E-state index contributed by atoms with van der Waals surface area (Å²) in [6, 6.07) is 3.82. The van der Waals surface area contributed by atoms with Crippen LogP contribution in [0.4, 0.5) is 0 Å². The minimum atomic E-state index is -0.944. The van der Waals surface area contributed by atoms with Crippen molar-refractivity contribution in [3.63, 3.8) is 0 Å². The van der Waals surface area contributed by atoms with Crippen molar-refractivity contribution in [3.05, 3.63) is 30.1 Å². The van der Waals surface area contributed by atoms with Gasteiger partial charge in [-0.15, -0.1) is 0 Å². The quantitative estimate of drug-likeness (QED) is 0.907. The fraction of sp³-hybridized carbons (Fsp3) is 0.500. The van der Waals surface area contributed by atoms with Gasteiger partial charge in [0.05, 0.1) is 12.1 Å². The van der Waals surface area contributed by atoms with Crippen LogP contribution in [0.15, 0.2) is 29.7 Å². The van der Waals surface area contributed by atoms with E-state index in [9.17, 15) is 9.59 Å². The number of carbonyl (C=O) groups excluding carboxylic acids is 1. The number of carboxylic acids is 1. The van der Waals surface area contributed by atoms with E-state index in [-0.39, 0.29) is 24.3 Å². The third-order valence-corrected chi connectivity index (χ3v) is 4.41. The second-order valence-corrected chi connectivity index (χ2v) is 6.01. The largest absolute Gasteiger partial charge is 0.481 e. The topological polar surface area (TPSA) is 92.1 Å². The smallest absolute Gasteiger partial charge is 0.303 e. The van der Waals surface area contributed by atoms with Crippen molar-refractivity contribution in [1.82, 2.24) is 9.88 Å². The maximum absolute atomic E-state index is 12.0. The summed E-state index contributed by atoms with van der Waals surface area (Å²) in [6.07, 6.45) is 5.56. The molecule has 7 nitrogen and oxygen atoms in total. The number of pyridine rings is 1. The standard InChI is InChI=1S/C16H19N3O4/c20-14(3-4-15(21)22)19-8-5-16(6-9-19)10-13(18-23-16)12-2-1-7-17-11-12/h1-2,7,11H,3-6,8-10H2,(H,21,22). The highest BCUT2D eigenvalue weighted by Gasteiger charge is 2.43. The first-order chi connectivity index (χ1) is 11.1. The number of amides is 1. The molecular formula is C16H19N3O4. The average Bonchev–Trinajstić information content (AvgIpc) is 2.98. The Bertz CT molecular complexity index is 621. The molecule has 3 heterocycles. The first-order valence-corrected chi connectivity index (χ1v) is 7.73. The predicted octanol–water partition coefficient (Wildman–Crippen LogP) is 1.43. The minimum absolute atomic E-state index is 0.0562. The number of rotatable bonds is 4. The SMILES string of the molecule is O=C(O)CCC(=O)N1CCC2(CC1)CC(c1cccnc1)=NO2. The Kier molecular flexibility index (Phi) is 4.27. The van der Waals surface area contributed by atoms with Crippen LogP contribution in [-0.4, -0.2) is 51.3 Å². The molecule has 0 aromatic carbocycles. The van der Waals surface area contributed by atoms with Gasteiger partial charge >= 0.3 is 5.97 Å². The average molecular weight is 317 g/mol. The van der Waals surface area contributed by atoms with Gasteiger partial charge < -0.3 is 14.8 Å². The molecule has 0 aliphatic carbocycles. The number of carboxylic acid groups (broad SMARTS) is 1. The summed E-state index contributed by atoms with van der Waals surface area (Å²) in [5.41, 5.74) is 1.52. The van der Waals surface area contributed by atoms with Crippen LogP contribution in [0.1, 0.15) is 37.7 Å². The van der Waals surface area contributed by atoms with E-state index in [4.69, 9.17) is 9.94 Å². The molecule has 7 heteroatoms. The van der Waals surface area contributed by atoms with Gasteiger partial charge in [-0.1, -0.05) is 5.16 Å². The van der Waals surface area contributed by atoms with Crippen molar-refractivity contribution in [2.75, 3.05) is 13.1 Å². The van der Waals surface area contributed by atoms with Crippen LogP contribution in [0, 0.1) is 0 Å². The minimum Gasteiger partial charge on any atom is -0.481 e. The molecule has 0 atom stereocenters. The molecule has 2 aliphatic heterocycles. The Labute approximate surface area is 133 Å². The highest BCUT2D eigenvalue weighted by Crippen LogP contribution is 2.36. The van der Waals surface area contributed by atoms with Crippen molar-refractivity contribution >= 4 is 17.6 Å². The summed E-state index contributed by atoms with van der Waals surface area (Å²) in [6.45, 7) is 1.16. The third kappa shape index (κ3) is 3.49. The zero-order valence-corrected chi connectivity index (χ0v) is 12.8. The molecule has 23 heavy (non-hydrogen) atoms. The van der Waals surface area contributed by atoms with Crippen molar-refractivity contribution in [2.45, 2.75) is 37.7 Å². The molecule has 0 radical (unpaired) electrons. The highest BCUT2D eigenvalue weighted by atomic mass is 16.7. The molecule has 1 amide bonds. The number of nitrogens with zero attached hydrogens (tertiary/aromatic N) is 3. The van der Waals surface area contributed by atoms with Crippen molar-refractivity contribution < 1.29 is 19.5 Å². The first kappa shape index (κ1) is 15.5. The van der Waals surface area contributed by atoms with E-state index in [0.29, 0.717) is 25.9 Å². The number of hydrogen-bond acceptors (Lipinski definition) is 5. The monoisotopic (exact) mass is 317 g/mol. The normalized spacial score (nSPS) is 19.3. The van der Waals surface area contributed by atoms with Crippen molar-refractivity contribution in [2.24, 2.45) is 5.16 Å². The summed E-state index contributed by atoms with van der Waals surface area (Å²) in [5, 5.41) is 12.9. The summed E-state index contributed by atoms with van der Waals surface area (Å²) in [4.78, 5) is 34.0. The van der Waals surface area contributed by atoms with Crippen molar-refractivity contribution in [3.8, 4) is 0 Å². The van der Waals surface area contributed by atoms with Crippen LogP contribution in [0.25, 0.3) is 0 Å². The molecule has 1 spiro atoms. The van der Waals surface area contributed by atoms with Crippen LogP contribution < -0.4 is 0 Å². The lowest BCUT2D eigenvalue weighted by Gasteiger charge is -2.37. The number of oxime groups is 1. The lowest BCUT2D eigenvalue weighted by atomic mass is 9.85. The Balaban J connectivity index is 1.54. The van der Waals surface area contributed by atoms with Gasteiger partial charge in [0, 0.05) is 56.7 Å². The Morgan fingerprint density at radius 2 is 2.09 bits per heavy atom. The van der Waals surface area contributed by atoms with E-state index < -0.39 is 5.97 Å². The first-order valence-electron chi connectivity index (χ1n) is 7.73. The summed E-state index contributed by atoms with van der Waals surface area (Å²) >= 11 is 0. The van der Waals surface area contributed by atoms with Gasteiger partial charge in [0.2, 0.25) is 5.91 Å². The van der Waals surface area contributed by atoms with Gasteiger partial charge in [-0.3, -0.25) is 14.6 Å². The van der Waals surface area contributed by atoms with Gasteiger partial charge in [0.25, 0.3) is 0 Å². The third-order valence-electron chi connectivity index (χ3n) is 4.41. The highest BCUT2D eigenvalue weighted by molar-refractivity contribution is 6.01. The van der Waals surface area contributed by atoms with E-state index >= 15 is 0 Å². The lowest BCUT2D eigenvalue weighted by Crippen LogP contribution is -2.46. The molecule has 1 saturated heterocycles. The summed E-state index contributed by atoms with van der Waals surface area (Å²) in [7, 11) is 0. The van der Waals surface area contributed by atoms with Crippen LogP contribution >= 0.6 is 0 Å². The van der Waals surface area contributed by atoms with Gasteiger partial charge in [0.15, 0.2) is 0 Å². The van der Waals surface area contributed by atoms with Crippen LogP contribution in [0.5, 0.6) is 0 Å². The zero-order chi connectivity index (χ0) is 16.3. The maximum atomic E-state index is 12.0. The number of likely N-dealkylation sites (tertiary alicyclic amines) is 1. The summed E-state index contributed by atoms with van der Waals surface area (Å²) in [5.74, 6) is -1.05. The molecule has 2 aliphatic rings. The number of hydrogen-bond donors (Lipinski definition) is 1. The van der Waals surface area contributed by atoms with E-state index in [1.165, 1.54) is 0 Å². The second-order valence-electron chi connectivity index (χ2n) is 6.01. The van der Waals surface area contributed by atoms with Gasteiger partial charge in [0.1, 0.15) is 5.60 Å². The fourth-order valence-electron chi connectivity index (χ4n) is 3.01. The number of aliphatic carboxylic acids is 1. The molecule has 3 rings (SSSR count). The fourth-order valence-corrected chi connectivity index (χ4v) is 3.01. The molecule has 1 aromatic rings. The number of piperidine rings is 1.